The van der Waals surface area contributed by atoms with Gasteiger partial charge in [-0.1, -0.05) is 11.6 Å². The van der Waals surface area contributed by atoms with E-state index >= 15 is 0 Å². The minimum absolute atomic E-state index is 0.173. The van der Waals surface area contributed by atoms with Gasteiger partial charge in [-0.3, -0.25) is 4.98 Å². The number of nitriles is 1. The number of pyridine rings is 1. The number of nitrogens with one attached hydrogen (secondary N) is 1. The topological polar surface area (TPSA) is 74.5 Å². The Labute approximate surface area is 131 Å². The zero-order chi connectivity index (χ0) is 16.1. The first kappa shape index (κ1) is 16.0. The molecule has 2 rings (SSSR count). The van der Waals surface area contributed by atoms with Crippen LogP contribution in [0.4, 0.5) is 14.6 Å². The van der Waals surface area contributed by atoms with Gasteiger partial charge in [0, 0.05) is 24.9 Å². The van der Waals surface area contributed by atoms with E-state index in [0.717, 1.165) is 5.69 Å². The van der Waals surface area contributed by atoms with E-state index in [1.165, 1.54) is 13.1 Å². The van der Waals surface area contributed by atoms with Gasteiger partial charge in [0.25, 0.3) is 6.43 Å². The van der Waals surface area contributed by atoms with E-state index in [0.29, 0.717) is 18.5 Å². The standard InChI is InChI=1S/C14H12ClF2N5/c1-8-21-12(13(16)17)11(15)14(22-8)19-5-4-10-3-2-9(6-18)7-20-10/h2-3,7,13H,4-5H2,1H3,(H,19,21,22). The predicted octanol–water partition coefficient (Wildman–Crippen LogP) is 3.30. The maximum absolute atomic E-state index is 12.8. The second-order valence-electron chi connectivity index (χ2n) is 4.45. The van der Waals surface area contributed by atoms with Crippen LogP contribution in [0.1, 0.15) is 29.2 Å². The molecule has 0 fully saturated rings. The zero-order valence-electron chi connectivity index (χ0n) is 11.6. The van der Waals surface area contributed by atoms with Crippen LogP contribution in [0.15, 0.2) is 18.3 Å². The van der Waals surface area contributed by atoms with Crippen LogP contribution < -0.4 is 5.32 Å². The third kappa shape index (κ3) is 3.86. The van der Waals surface area contributed by atoms with Crippen molar-refractivity contribution in [3.63, 3.8) is 0 Å². The number of hydrogen-bond acceptors (Lipinski definition) is 5. The Balaban J connectivity index is 2.03. The van der Waals surface area contributed by atoms with Crippen LogP contribution in [-0.2, 0) is 6.42 Å². The number of halogens is 3. The summed E-state index contributed by atoms with van der Waals surface area (Å²) in [5.74, 6) is 0.400. The van der Waals surface area contributed by atoms with Crippen LogP contribution in [0.5, 0.6) is 0 Å². The molecule has 0 aromatic carbocycles. The highest BCUT2D eigenvalue weighted by molar-refractivity contribution is 6.33. The summed E-state index contributed by atoms with van der Waals surface area (Å²) >= 11 is 5.88. The highest BCUT2D eigenvalue weighted by atomic mass is 35.5. The lowest BCUT2D eigenvalue weighted by atomic mass is 10.2. The molecule has 0 aliphatic carbocycles. The first-order valence-electron chi connectivity index (χ1n) is 6.42. The molecular weight excluding hydrogens is 312 g/mol. The summed E-state index contributed by atoms with van der Waals surface area (Å²) in [6, 6.07) is 5.38. The van der Waals surface area contributed by atoms with Gasteiger partial charge in [-0.15, -0.1) is 0 Å². The van der Waals surface area contributed by atoms with E-state index < -0.39 is 12.1 Å². The number of aryl methyl sites for hydroxylation is 1. The molecule has 2 aromatic rings. The van der Waals surface area contributed by atoms with E-state index in [2.05, 4.69) is 20.3 Å². The zero-order valence-corrected chi connectivity index (χ0v) is 12.4. The Bertz CT molecular complexity index is 698. The molecule has 0 amide bonds. The molecular formula is C14H12ClF2N5. The Hall–Kier alpha value is -2.33. The van der Waals surface area contributed by atoms with Crippen LogP contribution in [0, 0.1) is 18.3 Å². The first-order valence-corrected chi connectivity index (χ1v) is 6.80. The van der Waals surface area contributed by atoms with Crippen molar-refractivity contribution >= 4 is 17.4 Å². The van der Waals surface area contributed by atoms with Gasteiger partial charge in [-0.05, 0) is 19.1 Å². The van der Waals surface area contributed by atoms with Crippen LogP contribution in [0.25, 0.3) is 0 Å². The summed E-state index contributed by atoms with van der Waals surface area (Å²) in [7, 11) is 0. The van der Waals surface area contributed by atoms with Gasteiger partial charge in [0.1, 0.15) is 28.4 Å². The smallest absolute Gasteiger partial charge is 0.282 e. The monoisotopic (exact) mass is 323 g/mol. The normalized spacial score (nSPS) is 10.5. The van der Waals surface area contributed by atoms with E-state index in [4.69, 9.17) is 16.9 Å². The molecule has 2 aromatic heterocycles. The largest absolute Gasteiger partial charge is 0.368 e. The molecule has 1 N–H and O–H groups in total. The summed E-state index contributed by atoms with van der Waals surface area (Å²) in [6.07, 6.45) is -0.740. The molecule has 0 saturated carbocycles. The van der Waals surface area contributed by atoms with Crippen LogP contribution in [-0.4, -0.2) is 21.5 Å². The fourth-order valence-corrected chi connectivity index (χ4v) is 2.02. The molecule has 0 aliphatic heterocycles. The fraction of sp³-hybridized carbons (Fsp3) is 0.286. The Morgan fingerprint density at radius 1 is 1.36 bits per heavy atom. The second-order valence-corrected chi connectivity index (χ2v) is 4.82. The Morgan fingerprint density at radius 3 is 2.73 bits per heavy atom. The molecule has 22 heavy (non-hydrogen) atoms. The van der Waals surface area contributed by atoms with Crippen molar-refractivity contribution in [3.8, 4) is 6.07 Å². The van der Waals surface area contributed by atoms with E-state index in [-0.39, 0.29) is 16.7 Å². The van der Waals surface area contributed by atoms with Crippen molar-refractivity contribution in [2.24, 2.45) is 0 Å². The van der Waals surface area contributed by atoms with E-state index in [1.54, 1.807) is 12.1 Å². The highest BCUT2D eigenvalue weighted by Crippen LogP contribution is 2.30. The Morgan fingerprint density at radius 2 is 2.14 bits per heavy atom. The fourth-order valence-electron chi connectivity index (χ4n) is 1.79. The minimum Gasteiger partial charge on any atom is -0.368 e. The molecule has 0 bridgehead atoms. The molecule has 0 saturated heterocycles. The molecule has 0 aliphatic rings. The summed E-state index contributed by atoms with van der Waals surface area (Å²) < 4.78 is 25.6. The quantitative estimate of drug-likeness (QED) is 0.913. The van der Waals surface area contributed by atoms with Gasteiger partial charge in [0.05, 0.1) is 5.56 Å². The third-order valence-electron chi connectivity index (χ3n) is 2.82. The number of anilines is 1. The van der Waals surface area contributed by atoms with Crippen LogP contribution in [0.2, 0.25) is 5.02 Å². The van der Waals surface area contributed by atoms with Crippen LogP contribution in [0.3, 0.4) is 0 Å². The van der Waals surface area contributed by atoms with Crippen molar-refractivity contribution in [3.05, 3.63) is 46.1 Å². The SMILES string of the molecule is Cc1nc(NCCc2ccc(C#N)cn2)c(Cl)c(C(F)F)n1. The van der Waals surface area contributed by atoms with Crippen molar-refractivity contribution in [1.29, 1.82) is 5.26 Å². The van der Waals surface area contributed by atoms with Gasteiger partial charge in [0.2, 0.25) is 0 Å². The van der Waals surface area contributed by atoms with Gasteiger partial charge in [-0.25, -0.2) is 18.7 Å². The summed E-state index contributed by atoms with van der Waals surface area (Å²) in [6.45, 7) is 1.94. The van der Waals surface area contributed by atoms with Crippen molar-refractivity contribution in [1.82, 2.24) is 15.0 Å². The molecule has 0 atom stereocenters. The maximum atomic E-state index is 12.8. The molecule has 0 spiro atoms. The predicted molar refractivity (Wildman–Crippen MR) is 77.9 cm³/mol. The molecule has 0 radical (unpaired) electrons. The highest BCUT2D eigenvalue weighted by Gasteiger charge is 2.18. The number of aromatic nitrogens is 3. The summed E-state index contributed by atoms with van der Waals surface area (Å²) in [4.78, 5) is 11.8. The average molecular weight is 324 g/mol. The first-order chi connectivity index (χ1) is 10.5. The molecule has 8 heteroatoms. The molecule has 0 unspecified atom stereocenters. The molecule has 5 nitrogen and oxygen atoms in total. The van der Waals surface area contributed by atoms with E-state index in [1.807, 2.05) is 6.07 Å². The molecule has 114 valence electrons. The van der Waals surface area contributed by atoms with Gasteiger partial charge < -0.3 is 5.32 Å². The number of rotatable bonds is 5. The van der Waals surface area contributed by atoms with Gasteiger partial charge >= 0.3 is 0 Å². The second kappa shape index (κ2) is 7.09. The summed E-state index contributed by atoms with van der Waals surface area (Å²) in [5, 5.41) is 11.4. The third-order valence-corrected chi connectivity index (χ3v) is 3.20. The van der Waals surface area contributed by atoms with E-state index in [9.17, 15) is 8.78 Å². The molecule has 2 heterocycles. The Kier molecular flexibility index (Phi) is 5.17. The minimum atomic E-state index is -2.75. The average Bonchev–Trinajstić information content (AvgIpc) is 2.50. The van der Waals surface area contributed by atoms with Crippen LogP contribution >= 0.6 is 11.6 Å². The van der Waals surface area contributed by atoms with Gasteiger partial charge in [-0.2, -0.15) is 5.26 Å². The lowest BCUT2D eigenvalue weighted by Gasteiger charge is -2.11. The van der Waals surface area contributed by atoms with Gasteiger partial charge in [0.15, 0.2) is 0 Å². The maximum Gasteiger partial charge on any atom is 0.282 e. The lowest BCUT2D eigenvalue weighted by Crippen LogP contribution is -2.10. The lowest BCUT2D eigenvalue weighted by molar-refractivity contribution is 0.146. The van der Waals surface area contributed by atoms with Crippen molar-refractivity contribution in [2.45, 2.75) is 19.8 Å². The number of nitrogens with zero attached hydrogens (tertiary/aromatic N) is 4. The number of hydrogen-bond donors (Lipinski definition) is 1. The number of alkyl halides is 2. The summed E-state index contributed by atoms with van der Waals surface area (Å²) in [5.41, 5.74) is 0.767. The van der Waals surface area contributed by atoms with Crippen molar-refractivity contribution in [2.75, 3.05) is 11.9 Å². The van der Waals surface area contributed by atoms with Crippen molar-refractivity contribution < 1.29 is 8.78 Å².